The van der Waals surface area contributed by atoms with E-state index in [9.17, 15) is 9.59 Å². The molecular formula is C21H29N3O3. The number of hydrogen-bond acceptors (Lipinski definition) is 4. The number of hydrogen-bond donors (Lipinski definition) is 2. The average Bonchev–Trinajstić information content (AvgIpc) is 3.25. The first-order valence-electron chi connectivity index (χ1n) is 10.2. The molecule has 0 aliphatic carbocycles. The SMILES string of the molecule is O=C(NCC1CCCO1)C1CCN(C(=O)C2Cc3ccccc3CN2)CC1. The molecule has 2 amide bonds. The fraction of sp³-hybridized carbons (Fsp3) is 0.619. The van der Waals surface area contributed by atoms with Crippen LogP contribution in [0.4, 0.5) is 0 Å². The molecule has 2 N–H and O–H groups in total. The van der Waals surface area contributed by atoms with Crippen LogP contribution in [-0.4, -0.2) is 55.1 Å². The van der Waals surface area contributed by atoms with Gasteiger partial charge >= 0.3 is 0 Å². The standard InChI is InChI=1S/C21H29N3O3/c25-20(23-14-18-6-3-11-27-18)15-7-9-24(10-8-15)21(26)19-12-16-4-1-2-5-17(16)13-22-19/h1-2,4-5,15,18-19,22H,3,6-14H2,(H,23,25). The van der Waals surface area contributed by atoms with Gasteiger partial charge in [-0.2, -0.15) is 0 Å². The summed E-state index contributed by atoms with van der Waals surface area (Å²) in [6.07, 6.45) is 4.53. The maximum Gasteiger partial charge on any atom is 0.240 e. The van der Waals surface area contributed by atoms with E-state index in [1.54, 1.807) is 0 Å². The fourth-order valence-electron chi connectivity index (χ4n) is 4.38. The molecule has 3 aliphatic heterocycles. The lowest BCUT2D eigenvalue weighted by Gasteiger charge is -2.35. The molecule has 6 heteroatoms. The van der Waals surface area contributed by atoms with E-state index in [0.717, 1.165) is 45.3 Å². The Balaban J connectivity index is 1.24. The zero-order valence-electron chi connectivity index (χ0n) is 15.8. The van der Waals surface area contributed by atoms with Gasteiger partial charge in [-0.15, -0.1) is 0 Å². The van der Waals surface area contributed by atoms with Crippen LogP contribution < -0.4 is 10.6 Å². The van der Waals surface area contributed by atoms with Gasteiger partial charge < -0.3 is 20.3 Å². The monoisotopic (exact) mass is 371 g/mol. The van der Waals surface area contributed by atoms with Crippen molar-refractivity contribution in [2.24, 2.45) is 5.92 Å². The summed E-state index contributed by atoms with van der Waals surface area (Å²) < 4.78 is 5.56. The number of likely N-dealkylation sites (tertiary alicyclic amines) is 1. The molecule has 0 bridgehead atoms. The highest BCUT2D eigenvalue weighted by Gasteiger charge is 2.32. The first-order chi connectivity index (χ1) is 13.2. The normalized spacial score (nSPS) is 25.9. The van der Waals surface area contributed by atoms with Crippen LogP contribution in [0.3, 0.4) is 0 Å². The summed E-state index contributed by atoms with van der Waals surface area (Å²) in [7, 11) is 0. The Labute approximate surface area is 160 Å². The lowest BCUT2D eigenvalue weighted by molar-refractivity contribution is -0.137. The Morgan fingerprint density at radius 3 is 2.67 bits per heavy atom. The van der Waals surface area contributed by atoms with E-state index in [2.05, 4.69) is 22.8 Å². The van der Waals surface area contributed by atoms with Crippen molar-refractivity contribution in [2.45, 2.75) is 50.8 Å². The zero-order chi connectivity index (χ0) is 18.6. The van der Waals surface area contributed by atoms with Crippen molar-refractivity contribution in [3.05, 3.63) is 35.4 Å². The molecule has 6 nitrogen and oxygen atoms in total. The molecule has 27 heavy (non-hydrogen) atoms. The quantitative estimate of drug-likeness (QED) is 0.835. The molecule has 3 aliphatic rings. The number of fused-ring (bicyclic) bond motifs is 1. The Hall–Kier alpha value is -1.92. The number of nitrogens with one attached hydrogen (secondary N) is 2. The van der Waals surface area contributed by atoms with E-state index in [1.807, 2.05) is 17.0 Å². The summed E-state index contributed by atoms with van der Waals surface area (Å²) >= 11 is 0. The highest BCUT2D eigenvalue weighted by Crippen LogP contribution is 2.22. The summed E-state index contributed by atoms with van der Waals surface area (Å²) in [5.41, 5.74) is 2.54. The fourth-order valence-corrected chi connectivity index (χ4v) is 4.38. The van der Waals surface area contributed by atoms with Crippen LogP contribution in [0.25, 0.3) is 0 Å². The molecule has 1 aromatic carbocycles. The minimum Gasteiger partial charge on any atom is -0.376 e. The third-order valence-electron chi connectivity index (χ3n) is 6.08. The highest BCUT2D eigenvalue weighted by atomic mass is 16.5. The highest BCUT2D eigenvalue weighted by molar-refractivity contribution is 5.83. The molecule has 3 heterocycles. The Bertz CT molecular complexity index is 679. The number of amides is 2. The van der Waals surface area contributed by atoms with Crippen LogP contribution in [-0.2, 0) is 27.3 Å². The molecule has 146 valence electrons. The molecule has 0 radical (unpaired) electrons. The molecule has 2 atom stereocenters. The van der Waals surface area contributed by atoms with Gasteiger partial charge in [-0.1, -0.05) is 24.3 Å². The molecule has 1 aromatic rings. The van der Waals surface area contributed by atoms with Crippen molar-refractivity contribution in [1.82, 2.24) is 15.5 Å². The minimum atomic E-state index is -0.148. The predicted octanol–water partition coefficient (Wildman–Crippen LogP) is 1.23. The minimum absolute atomic E-state index is 0.00972. The number of nitrogens with zero attached hydrogens (tertiary/aromatic N) is 1. The van der Waals surface area contributed by atoms with Crippen LogP contribution in [0.15, 0.2) is 24.3 Å². The third-order valence-corrected chi connectivity index (χ3v) is 6.08. The van der Waals surface area contributed by atoms with Gasteiger partial charge in [0.1, 0.15) is 0 Å². The Kier molecular flexibility index (Phi) is 5.74. The molecule has 2 saturated heterocycles. The van der Waals surface area contributed by atoms with E-state index in [4.69, 9.17) is 4.74 Å². The summed E-state index contributed by atoms with van der Waals surface area (Å²) in [5.74, 6) is 0.292. The van der Waals surface area contributed by atoms with Gasteiger partial charge in [0.25, 0.3) is 0 Å². The Morgan fingerprint density at radius 1 is 1.15 bits per heavy atom. The van der Waals surface area contributed by atoms with Gasteiger partial charge in [0, 0.05) is 38.7 Å². The van der Waals surface area contributed by atoms with Crippen molar-refractivity contribution in [2.75, 3.05) is 26.2 Å². The van der Waals surface area contributed by atoms with Crippen LogP contribution in [0.2, 0.25) is 0 Å². The van der Waals surface area contributed by atoms with Crippen LogP contribution in [0, 0.1) is 5.92 Å². The van der Waals surface area contributed by atoms with Gasteiger partial charge in [-0.25, -0.2) is 0 Å². The molecule has 0 spiro atoms. The summed E-state index contributed by atoms with van der Waals surface area (Å²) in [4.78, 5) is 27.2. The van der Waals surface area contributed by atoms with Crippen LogP contribution in [0.5, 0.6) is 0 Å². The van der Waals surface area contributed by atoms with Crippen molar-refractivity contribution in [3.63, 3.8) is 0 Å². The van der Waals surface area contributed by atoms with Gasteiger partial charge in [0.05, 0.1) is 12.1 Å². The molecule has 4 rings (SSSR count). The van der Waals surface area contributed by atoms with E-state index < -0.39 is 0 Å². The van der Waals surface area contributed by atoms with Crippen molar-refractivity contribution in [1.29, 1.82) is 0 Å². The number of benzene rings is 1. The second kappa shape index (κ2) is 8.40. The molecule has 0 saturated carbocycles. The lowest BCUT2D eigenvalue weighted by atomic mass is 9.92. The molecular weight excluding hydrogens is 342 g/mol. The number of rotatable bonds is 4. The van der Waals surface area contributed by atoms with E-state index >= 15 is 0 Å². The first-order valence-corrected chi connectivity index (χ1v) is 10.2. The van der Waals surface area contributed by atoms with Crippen molar-refractivity contribution in [3.8, 4) is 0 Å². The zero-order valence-corrected chi connectivity index (χ0v) is 15.8. The van der Waals surface area contributed by atoms with Gasteiger partial charge in [0.15, 0.2) is 0 Å². The first kappa shape index (κ1) is 18.4. The summed E-state index contributed by atoms with van der Waals surface area (Å²) in [6.45, 7) is 3.49. The molecule has 0 aromatic heterocycles. The number of carbonyl (C=O) groups excluding carboxylic acids is 2. The van der Waals surface area contributed by atoms with Gasteiger partial charge in [0.2, 0.25) is 11.8 Å². The second-order valence-corrected chi connectivity index (χ2v) is 7.89. The lowest BCUT2D eigenvalue weighted by Crippen LogP contribution is -2.52. The van der Waals surface area contributed by atoms with Crippen LogP contribution in [0.1, 0.15) is 36.8 Å². The van der Waals surface area contributed by atoms with E-state index in [0.29, 0.717) is 19.6 Å². The van der Waals surface area contributed by atoms with E-state index in [1.165, 1.54) is 11.1 Å². The van der Waals surface area contributed by atoms with Gasteiger partial charge in [-0.05, 0) is 43.2 Å². The number of carbonyl (C=O) groups is 2. The predicted molar refractivity (Wildman–Crippen MR) is 102 cm³/mol. The van der Waals surface area contributed by atoms with Gasteiger partial charge in [-0.3, -0.25) is 9.59 Å². The largest absolute Gasteiger partial charge is 0.376 e. The van der Waals surface area contributed by atoms with Crippen molar-refractivity contribution < 1.29 is 14.3 Å². The third kappa shape index (κ3) is 4.33. The molecule has 2 fully saturated rings. The average molecular weight is 371 g/mol. The topological polar surface area (TPSA) is 70.7 Å². The second-order valence-electron chi connectivity index (χ2n) is 7.89. The Morgan fingerprint density at radius 2 is 1.93 bits per heavy atom. The number of piperidine rings is 1. The maximum absolute atomic E-state index is 12.9. The van der Waals surface area contributed by atoms with E-state index in [-0.39, 0.29) is 29.9 Å². The summed E-state index contributed by atoms with van der Waals surface area (Å²) in [5, 5.41) is 6.41. The maximum atomic E-state index is 12.9. The summed E-state index contributed by atoms with van der Waals surface area (Å²) in [6, 6.07) is 8.15. The van der Waals surface area contributed by atoms with Crippen LogP contribution >= 0.6 is 0 Å². The van der Waals surface area contributed by atoms with Crippen molar-refractivity contribution >= 4 is 11.8 Å². The number of ether oxygens (including phenoxy) is 1. The molecule has 2 unspecified atom stereocenters. The smallest absolute Gasteiger partial charge is 0.240 e.